The van der Waals surface area contributed by atoms with E-state index in [1.54, 1.807) is 18.2 Å². The number of hydrogen-bond donors (Lipinski definition) is 6. The molecule has 1 fully saturated rings. The molecule has 2 bridgehead atoms. The molecule has 0 radical (unpaired) electrons. The first kappa shape index (κ1) is 27.0. The molecular weight excluding hydrogens is 484 g/mol. The number of benzene rings is 2. The Balaban J connectivity index is 0.000000160. The Hall–Kier alpha value is -2.62. The van der Waals surface area contributed by atoms with Crippen molar-refractivity contribution in [1.82, 2.24) is 10.2 Å². The quantitative estimate of drug-likeness (QED) is 0.337. The molecule has 0 amide bonds. The van der Waals surface area contributed by atoms with Gasteiger partial charge in [-0.05, 0) is 76.5 Å². The summed E-state index contributed by atoms with van der Waals surface area (Å²) in [5.74, 6) is 1.24. The van der Waals surface area contributed by atoms with E-state index >= 15 is 0 Å². The number of likely N-dealkylation sites (N-methyl/N-ethyl adjacent to an activating group) is 1. The van der Waals surface area contributed by atoms with Crippen LogP contribution in [0, 0.1) is 5.92 Å². The van der Waals surface area contributed by atoms with E-state index in [1.807, 2.05) is 32.9 Å². The monoisotopic (exact) mass is 524 g/mol. The van der Waals surface area contributed by atoms with Crippen molar-refractivity contribution in [3.63, 3.8) is 0 Å². The lowest BCUT2D eigenvalue weighted by Crippen LogP contribution is -2.64. The molecule has 2 aliphatic carbocycles. The van der Waals surface area contributed by atoms with Crippen molar-refractivity contribution in [3.05, 3.63) is 64.7 Å². The number of rotatable bonds is 4. The van der Waals surface area contributed by atoms with Gasteiger partial charge < -0.3 is 40.5 Å². The molecule has 2 heterocycles. The predicted octanol–water partition coefficient (Wildman–Crippen LogP) is 2.50. The zero-order chi connectivity index (χ0) is 27.4. The van der Waals surface area contributed by atoms with Crippen LogP contribution in [0.1, 0.15) is 55.5 Å². The molecule has 0 saturated carbocycles. The van der Waals surface area contributed by atoms with Gasteiger partial charge in [0.2, 0.25) is 0 Å². The Bertz CT molecular complexity index is 1220. The van der Waals surface area contributed by atoms with Crippen LogP contribution in [0.2, 0.25) is 0 Å². The maximum Gasteiger partial charge on any atom is 0.165 e. The zero-order valence-electron chi connectivity index (χ0n) is 22.6. The summed E-state index contributed by atoms with van der Waals surface area (Å²) >= 11 is 0. The summed E-state index contributed by atoms with van der Waals surface area (Å²) in [5.41, 5.74) is 3.34. The molecule has 8 nitrogen and oxygen atoms in total. The summed E-state index contributed by atoms with van der Waals surface area (Å²) in [6, 6.07) is 8.98. The molecule has 4 aliphatic rings. The van der Waals surface area contributed by atoms with Crippen molar-refractivity contribution < 1.29 is 30.3 Å². The Labute approximate surface area is 224 Å². The van der Waals surface area contributed by atoms with Gasteiger partial charge in [0.05, 0.1) is 12.7 Å². The topological polar surface area (TPSA) is 126 Å². The number of phenolic OH excluding ortho intramolecular Hbond substituents is 1. The van der Waals surface area contributed by atoms with E-state index in [1.165, 1.54) is 17.2 Å². The summed E-state index contributed by atoms with van der Waals surface area (Å²) in [6.45, 7) is 7.27. The van der Waals surface area contributed by atoms with Crippen molar-refractivity contribution in [1.29, 1.82) is 0 Å². The normalized spacial score (nSPS) is 29.7. The van der Waals surface area contributed by atoms with Crippen LogP contribution in [0.15, 0.2) is 42.5 Å². The SMILES string of the molecule is CC(C)(C)NCC(O)c1ccc(O)c(CO)c1.CN1CC[C@]23c4c5ccc(O)c4O[C@H]2[C@@H](O)C=C[C@H]3[C@H]1C5. The smallest absolute Gasteiger partial charge is 0.165 e. The Kier molecular flexibility index (Phi) is 6.99. The number of likely N-dealkylation sites (tertiary alicyclic amines) is 1. The first-order chi connectivity index (χ1) is 18.0. The standard InChI is InChI=1S/C17H19NO3.C13H21NO3/c1-18-7-6-17-10-3-5-13(20)16(17)21-15-12(19)4-2-9(14(15)17)8-11(10)18;1-13(2,3)14-7-12(17)9-4-5-11(16)10(6-9)8-15/h2-5,10-11,13,16,19-20H,6-8H2,1H3;4-6,12,14-17H,7-8H2,1-3H3/t10-,11+,13-,16-,17-;/m0./s1. The fourth-order valence-electron chi connectivity index (χ4n) is 6.70. The number of aromatic hydroxyl groups is 2. The average Bonchev–Trinajstić information content (AvgIpc) is 3.24. The summed E-state index contributed by atoms with van der Waals surface area (Å²) < 4.78 is 6.09. The Morgan fingerprint density at radius 2 is 1.87 bits per heavy atom. The van der Waals surface area contributed by atoms with Gasteiger partial charge in [0, 0.05) is 40.6 Å². The molecule has 2 aliphatic heterocycles. The van der Waals surface area contributed by atoms with Crippen molar-refractivity contribution in [2.75, 3.05) is 20.1 Å². The molecule has 6 N–H and O–H groups in total. The minimum atomic E-state index is -0.653. The highest BCUT2D eigenvalue weighted by molar-refractivity contribution is 5.61. The van der Waals surface area contributed by atoms with Gasteiger partial charge in [0.15, 0.2) is 11.5 Å². The molecular formula is C30H40N2O6. The average molecular weight is 525 g/mol. The molecule has 2 aromatic carbocycles. The third-order valence-corrected chi connectivity index (χ3v) is 8.63. The number of piperidine rings is 1. The van der Waals surface area contributed by atoms with Gasteiger partial charge in [-0.1, -0.05) is 24.3 Å². The van der Waals surface area contributed by atoms with Gasteiger partial charge in [-0.15, -0.1) is 0 Å². The first-order valence-electron chi connectivity index (χ1n) is 13.4. The number of phenols is 2. The lowest BCUT2D eigenvalue weighted by atomic mass is 9.53. The van der Waals surface area contributed by atoms with E-state index in [2.05, 4.69) is 23.3 Å². The van der Waals surface area contributed by atoms with Crippen molar-refractivity contribution in [3.8, 4) is 17.2 Å². The molecule has 206 valence electrons. The number of nitrogens with zero attached hydrogens (tertiary/aromatic N) is 1. The molecule has 1 spiro atoms. The van der Waals surface area contributed by atoms with Gasteiger partial charge in [-0.2, -0.15) is 0 Å². The molecule has 6 atom stereocenters. The van der Waals surface area contributed by atoms with Crippen LogP contribution in [0.3, 0.4) is 0 Å². The van der Waals surface area contributed by atoms with Crippen LogP contribution < -0.4 is 10.1 Å². The van der Waals surface area contributed by atoms with E-state index in [-0.39, 0.29) is 35.2 Å². The van der Waals surface area contributed by atoms with Crippen LogP contribution in [0.4, 0.5) is 0 Å². The summed E-state index contributed by atoms with van der Waals surface area (Å²) in [5, 5.41) is 52.3. The van der Waals surface area contributed by atoms with Crippen LogP contribution in [-0.4, -0.2) is 74.4 Å². The highest BCUT2D eigenvalue weighted by atomic mass is 16.5. The van der Waals surface area contributed by atoms with Gasteiger partial charge in [0.1, 0.15) is 18.0 Å². The van der Waals surface area contributed by atoms with E-state index < -0.39 is 12.2 Å². The number of aliphatic hydroxyl groups is 3. The lowest BCUT2D eigenvalue weighted by Gasteiger charge is -2.56. The summed E-state index contributed by atoms with van der Waals surface area (Å²) in [4.78, 5) is 2.43. The molecule has 6 rings (SSSR count). The van der Waals surface area contributed by atoms with Crippen LogP contribution >= 0.6 is 0 Å². The van der Waals surface area contributed by atoms with E-state index in [9.17, 15) is 20.4 Å². The fraction of sp³-hybridized carbons (Fsp3) is 0.533. The lowest BCUT2D eigenvalue weighted by molar-refractivity contribution is -0.0453. The highest BCUT2D eigenvalue weighted by Gasteiger charge is 2.64. The Morgan fingerprint density at radius 1 is 1.13 bits per heavy atom. The highest BCUT2D eigenvalue weighted by Crippen LogP contribution is 2.62. The maximum absolute atomic E-state index is 10.4. The second-order valence-corrected chi connectivity index (χ2v) is 12.1. The van der Waals surface area contributed by atoms with Crippen LogP contribution in [0.25, 0.3) is 0 Å². The van der Waals surface area contributed by atoms with Crippen molar-refractivity contribution in [2.45, 2.75) is 75.5 Å². The molecule has 1 saturated heterocycles. The number of ether oxygens (including phenoxy) is 1. The van der Waals surface area contributed by atoms with Gasteiger partial charge >= 0.3 is 0 Å². The van der Waals surface area contributed by atoms with Gasteiger partial charge in [0.25, 0.3) is 0 Å². The number of hydrogen-bond acceptors (Lipinski definition) is 8. The van der Waals surface area contributed by atoms with Gasteiger partial charge in [-0.25, -0.2) is 0 Å². The second kappa shape index (κ2) is 9.84. The third-order valence-electron chi connectivity index (χ3n) is 8.63. The van der Waals surface area contributed by atoms with E-state index in [4.69, 9.17) is 9.84 Å². The van der Waals surface area contributed by atoms with E-state index in [0.717, 1.165) is 19.4 Å². The number of β-amino-alcohol motifs (C(OH)–C–C–N with tert-alkyl or cyclic N) is 1. The predicted molar refractivity (Wildman–Crippen MR) is 144 cm³/mol. The largest absolute Gasteiger partial charge is 0.508 e. The second-order valence-electron chi connectivity index (χ2n) is 12.1. The van der Waals surface area contributed by atoms with Crippen molar-refractivity contribution >= 4 is 0 Å². The number of aliphatic hydroxyl groups excluding tert-OH is 3. The molecule has 2 aromatic rings. The minimum absolute atomic E-state index is 0.0484. The van der Waals surface area contributed by atoms with Gasteiger partial charge in [-0.3, -0.25) is 0 Å². The Morgan fingerprint density at radius 3 is 2.58 bits per heavy atom. The van der Waals surface area contributed by atoms with Crippen LogP contribution in [-0.2, 0) is 18.4 Å². The molecule has 0 aromatic heterocycles. The zero-order valence-corrected chi connectivity index (χ0v) is 22.6. The van der Waals surface area contributed by atoms with Crippen LogP contribution in [0.5, 0.6) is 17.2 Å². The molecule has 1 unspecified atom stereocenters. The summed E-state index contributed by atoms with van der Waals surface area (Å²) in [6.07, 6.45) is 4.53. The van der Waals surface area contributed by atoms with Crippen molar-refractivity contribution in [2.24, 2.45) is 5.92 Å². The summed E-state index contributed by atoms with van der Waals surface area (Å²) in [7, 11) is 2.19. The minimum Gasteiger partial charge on any atom is -0.508 e. The fourth-order valence-corrected chi connectivity index (χ4v) is 6.70. The molecule has 38 heavy (non-hydrogen) atoms. The maximum atomic E-state index is 10.4. The van der Waals surface area contributed by atoms with E-state index in [0.29, 0.717) is 35.4 Å². The third kappa shape index (κ3) is 4.48. The molecule has 8 heteroatoms. The number of nitrogens with one attached hydrogen (secondary N) is 1. The first-order valence-corrected chi connectivity index (χ1v) is 13.4.